The van der Waals surface area contributed by atoms with Crippen molar-refractivity contribution in [2.45, 2.75) is 24.1 Å². The van der Waals surface area contributed by atoms with Gasteiger partial charge in [-0.15, -0.1) is 0 Å². The molecule has 7 nitrogen and oxygen atoms in total. The number of ether oxygens (including phenoxy) is 2. The van der Waals surface area contributed by atoms with Crippen LogP contribution in [0.15, 0.2) is 77.8 Å². The fourth-order valence-corrected chi connectivity index (χ4v) is 5.53. The van der Waals surface area contributed by atoms with E-state index >= 15 is 0 Å². The number of anilines is 1. The van der Waals surface area contributed by atoms with E-state index in [0.29, 0.717) is 28.1 Å². The molecule has 0 aliphatic carbocycles. The van der Waals surface area contributed by atoms with Crippen LogP contribution >= 0.6 is 0 Å². The van der Waals surface area contributed by atoms with E-state index in [1.54, 1.807) is 47.2 Å². The van der Waals surface area contributed by atoms with E-state index in [4.69, 9.17) is 9.47 Å². The molecule has 0 saturated carbocycles. The van der Waals surface area contributed by atoms with E-state index in [9.17, 15) is 13.2 Å². The Labute approximate surface area is 198 Å². The van der Waals surface area contributed by atoms with Gasteiger partial charge in [-0.2, -0.15) is 0 Å². The number of hydrogen-bond donors (Lipinski definition) is 1. The second-order valence-electron chi connectivity index (χ2n) is 8.00. The molecule has 4 aromatic rings. The first-order valence-electron chi connectivity index (χ1n) is 10.7. The number of para-hydroxylation sites is 1. The van der Waals surface area contributed by atoms with Gasteiger partial charge in [0.25, 0.3) is 0 Å². The molecule has 0 saturated heterocycles. The number of nitrogens with zero attached hydrogens (tertiary/aromatic N) is 1. The third kappa shape index (κ3) is 4.92. The maximum absolute atomic E-state index is 13.3. The summed E-state index contributed by atoms with van der Waals surface area (Å²) < 4.78 is 38.8. The van der Waals surface area contributed by atoms with Crippen molar-refractivity contribution in [3.8, 4) is 11.5 Å². The lowest BCUT2D eigenvalue weighted by Crippen LogP contribution is -2.18. The number of sulfone groups is 1. The molecule has 176 valence electrons. The van der Waals surface area contributed by atoms with E-state index < -0.39 is 9.84 Å². The fourth-order valence-electron chi connectivity index (χ4n) is 3.96. The Bertz CT molecular complexity index is 1460. The predicted molar refractivity (Wildman–Crippen MR) is 132 cm³/mol. The number of amides is 1. The SMILES string of the molecule is COc1ccc(NC(=O)Cn2cc(S(=O)(=O)Cc3cccc(C)c3)c3ccccc32)cc1OC. The molecule has 34 heavy (non-hydrogen) atoms. The van der Waals surface area contributed by atoms with Gasteiger partial charge in [0.05, 0.1) is 24.9 Å². The molecular weight excluding hydrogens is 452 g/mol. The van der Waals surface area contributed by atoms with Gasteiger partial charge in [0.15, 0.2) is 21.3 Å². The minimum absolute atomic E-state index is 0.0468. The van der Waals surface area contributed by atoms with Crippen LogP contribution in [0.2, 0.25) is 0 Å². The first kappa shape index (κ1) is 23.4. The third-order valence-corrected chi connectivity index (χ3v) is 7.22. The number of aromatic nitrogens is 1. The van der Waals surface area contributed by atoms with Gasteiger partial charge in [0, 0.05) is 28.9 Å². The van der Waals surface area contributed by atoms with Crippen molar-refractivity contribution in [3.05, 3.63) is 84.1 Å². The van der Waals surface area contributed by atoms with Crippen LogP contribution in [0.1, 0.15) is 11.1 Å². The standard InChI is InChI=1S/C26H26N2O5S/c1-18-7-6-8-19(13-18)17-34(30,31)25-15-28(22-10-5-4-9-21(22)25)16-26(29)27-20-11-12-23(32-2)24(14-20)33-3/h4-15H,16-17H2,1-3H3,(H,27,29). The summed E-state index contributed by atoms with van der Waals surface area (Å²) in [6.45, 7) is 1.88. The van der Waals surface area contributed by atoms with Gasteiger partial charge in [-0.05, 0) is 30.7 Å². The Morgan fingerprint density at radius 1 is 0.941 bits per heavy atom. The second-order valence-corrected chi connectivity index (χ2v) is 9.96. The molecule has 0 aliphatic rings. The molecule has 4 rings (SSSR count). The van der Waals surface area contributed by atoms with Crippen LogP contribution in [0.5, 0.6) is 11.5 Å². The summed E-state index contributed by atoms with van der Waals surface area (Å²) in [5.41, 5.74) is 2.95. The van der Waals surface area contributed by atoms with E-state index in [-0.39, 0.29) is 23.1 Å². The van der Waals surface area contributed by atoms with Crippen molar-refractivity contribution in [2.75, 3.05) is 19.5 Å². The number of fused-ring (bicyclic) bond motifs is 1. The molecule has 0 aliphatic heterocycles. The van der Waals surface area contributed by atoms with E-state index in [1.165, 1.54) is 14.2 Å². The lowest BCUT2D eigenvalue weighted by atomic mass is 10.2. The number of rotatable bonds is 8. The van der Waals surface area contributed by atoms with Crippen LogP contribution in [0, 0.1) is 6.92 Å². The summed E-state index contributed by atoms with van der Waals surface area (Å²) in [7, 11) is -0.569. The average Bonchev–Trinajstić information content (AvgIpc) is 3.18. The van der Waals surface area contributed by atoms with Crippen LogP contribution in [-0.2, 0) is 26.9 Å². The molecule has 1 heterocycles. The lowest BCUT2D eigenvalue weighted by Gasteiger charge is -2.11. The second kappa shape index (κ2) is 9.61. The Hall–Kier alpha value is -3.78. The zero-order chi connectivity index (χ0) is 24.3. The smallest absolute Gasteiger partial charge is 0.244 e. The normalized spacial score (nSPS) is 11.4. The summed E-state index contributed by atoms with van der Waals surface area (Å²) >= 11 is 0. The fraction of sp³-hybridized carbons (Fsp3) is 0.192. The number of aryl methyl sites for hydroxylation is 1. The first-order chi connectivity index (χ1) is 16.3. The molecule has 0 spiro atoms. The van der Waals surface area contributed by atoms with Gasteiger partial charge in [-0.1, -0.05) is 48.0 Å². The molecule has 1 aromatic heterocycles. The largest absolute Gasteiger partial charge is 0.493 e. The molecule has 0 radical (unpaired) electrons. The van der Waals surface area contributed by atoms with E-state index in [1.807, 2.05) is 37.3 Å². The Kier molecular flexibility index (Phi) is 6.61. The molecule has 0 atom stereocenters. The van der Waals surface area contributed by atoms with Crippen molar-refractivity contribution >= 4 is 32.3 Å². The van der Waals surface area contributed by atoms with Gasteiger partial charge in [-0.25, -0.2) is 8.42 Å². The molecule has 1 N–H and O–H groups in total. The van der Waals surface area contributed by atoms with Crippen molar-refractivity contribution < 1.29 is 22.7 Å². The van der Waals surface area contributed by atoms with Gasteiger partial charge < -0.3 is 19.4 Å². The Morgan fingerprint density at radius 2 is 1.71 bits per heavy atom. The average molecular weight is 479 g/mol. The first-order valence-corrected chi connectivity index (χ1v) is 12.3. The zero-order valence-electron chi connectivity index (χ0n) is 19.2. The van der Waals surface area contributed by atoms with Crippen molar-refractivity contribution in [1.29, 1.82) is 0 Å². The van der Waals surface area contributed by atoms with Crippen LogP contribution in [0.25, 0.3) is 10.9 Å². The number of hydrogen-bond acceptors (Lipinski definition) is 5. The molecule has 0 fully saturated rings. The van der Waals surface area contributed by atoms with E-state index in [0.717, 1.165) is 11.1 Å². The highest BCUT2D eigenvalue weighted by molar-refractivity contribution is 7.90. The van der Waals surface area contributed by atoms with Crippen molar-refractivity contribution in [2.24, 2.45) is 0 Å². The Morgan fingerprint density at radius 3 is 2.44 bits per heavy atom. The van der Waals surface area contributed by atoms with Gasteiger partial charge in [0.1, 0.15) is 6.54 Å². The van der Waals surface area contributed by atoms with Crippen LogP contribution in [-0.4, -0.2) is 33.1 Å². The summed E-state index contributed by atoms with van der Waals surface area (Å²) in [4.78, 5) is 13.0. The summed E-state index contributed by atoms with van der Waals surface area (Å²) in [5, 5.41) is 3.42. The summed E-state index contributed by atoms with van der Waals surface area (Å²) in [5.74, 6) is 0.646. The molecule has 8 heteroatoms. The maximum Gasteiger partial charge on any atom is 0.244 e. The summed E-state index contributed by atoms with van der Waals surface area (Å²) in [6.07, 6.45) is 1.55. The van der Waals surface area contributed by atoms with E-state index in [2.05, 4.69) is 5.32 Å². The predicted octanol–water partition coefficient (Wildman–Crippen LogP) is 4.58. The minimum atomic E-state index is -3.63. The monoisotopic (exact) mass is 478 g/mol. The van der Waals surface area contributed by atoms with Crippen LogP contribution in [0.3, 0.4) is 0 Å². The molecular formula is C26H26N2O5S. The molecule has 0 unspecified atom stereocenters. The van der Waals surface area contributed by atoms with Crippen LogP contribution in [0.4, 0.5) is 5.69 Å². The van der Waals surface area contributed by atoms with Gasteiger partial charge >= 0.3 is 0 Å². The number of nitrogens with one attached hydrogen (secondary N) is 1. The maximum atomic E-state index is 13.3. The summed E-state index contributed by atoms with van der Waals surface area (Å²) in [6, 6.07) is 19.7. The lowest BCUT2D eigenvalue weighted by molar-refractivity contribution is -0.116. The number of benzene rings is 3. The van der Waals surface area contributed by atoms with Crippen molar-refractivity contribution in [1.82, 2.24) is 4.57 Å². The Balaban J connectivity index is 1.61. The topological polar surface area (TPSA) is 86.6 Å². The highest BCUT2D eigenvalue weighted by Crippen LogP contribution is 2.30. The molecule has 0 bridgehead atoms. The minimum Gasteiger partial charge on any atom is -0.493 e. The van der Waals surface area contributed by atoms with Crippen molar-refractivity contribution in [3.63, 3.8) is 0 Å². The molecule has 3 aromatic carbocycles. The van der Waals surface area contributed by atoms with Gasteiger partial charge in [0.2, 0.25) is 5.91 Å². The van der Waals surface area contributed by atoms with Crippen LogP contribution < -0.4 is 14.8 Å². The number of methoxy groups -OCH3 is 2. The quantitative estimate of drug-likeness (QED) is 0.401. The van der Waals surface area contributed by atoms with Gasteiger partial charge in [-0.3, -0.25) is 4.79 Å². The zero-order valence-corrected chi connectivity index (χ0v) is 20.1. The number of carbonyl (C=O) groups is 1. The highest BCUT2D eigenvalue weighted by atomic mass is 32.2. The number of carbonyl (C=O) groups excluding carboxylic acids is 1. The third-order valence-electron chi connectivity index (χ3n) is 5.51. The molecule has 1 amide bonds. The highest BCUT2D eigenvalue weighted by Gasteiger charge is 2.22.